The number of hydrogen-bond acceptors (Lipinski definition) is 4. The van der Waals surface area contributed by atoms with Crippen LogP contribution in [0.5, 0.6) is 23.0 Å². The molecule has 32 heavy (non-hydrogen) atoms. The maximum absolute atomic E-state index is 14.2. The van der Waals surface area contributed by atoms with Crippen LogP contribution in [0.2, 0.25) is 0 Å². The highest BCUT2D eigenvalue weighted by Crippen LogP contribution is 2.51. The molecular formula is C20H12F8N2O2. The minimum atomic E-state index is -5.49. The lowest BCUT2D eigenvalue weighted by Gasteiger charge is -2.22. The molecule has 0 radical (unpaired) electrons. The Labute approximate surface area is 175 Å². The Morgan fingerprint density at radius 2 is 1.09 bits per heavy atom. The van der Waals surface area contributed by atoms with Crippen LogP contribution in [0.1, 0.15) is 11.1 Å². The van der Waals surface area contributed by atoms with E-state index in [4.69, 9.17) is 20.9 Å². The molecule has 0 saturated carbocycles. The van der Waals surface area contributed by atoms with Crippen LogP contribution in [0.25, 0.3) is 0 Å². The monoisotopic (exact) mass is 464 g/mol. The maximum Gasteiger partial charge on any atom is 0.423 e. The van der Waals surface area contributed by atoms with Gasteiger partial charge in [-0.15, -0.1) is 0 Å². The zero-order valence-corrected chi connectivity index (χ0v) is 15.6. The van der Waals surface area contributed by atoms with Crippen LogP contribution in [-0.4, -0.2) is 0 Å². The van der Waals surface area contributed by atoms with E-state index in [9.17, 15) is 35.1 Å². The van der Waals surface area contributed by atoms with Crippen molar-refractivity contribution in [2.24, 2.45) is 0 Å². The van der Waals surface area contributed by atoms with Gasteiger partial charge in [0.2, 0.25) is 0 Å². The number of alkyl halides is 6. The number of ether oxygens (including phenoxy) is 2. The number of benzene rings is 3. The third-order valence-corrected chi connectivity index (χ3v) is 4.13. The maximum atomic E-state index is 14.2. The van der Waals surface area contributed by atoms with Crippen LogP contribution in [0, 0.1) is 11.6 Å². The standard InChI is InChI=1S/C20H12F8N2O2/c21-16-10(29)3-1-5-13(16)31-12-8-7-9(19(23,24)25)18(15(12)20(26,27)28)32-14-6-2-4-11(30)17(14)22/h1-8H,29-30H2. The Morgan fingerprint density at radius 1 is 0.594 bits per heavy atom. The Balaban J connectivity index is 2.27. The smallest absolute Gasteiger partial charge is 0.423 e. The molecule has 0 aliphatic heterocycles. The molecule has 0 aromatic heterocycles. The largest absolute Gasteiger partial charge is 0.453 e. The molecular weight excluding hydrogens is 452 g/mol. The third-order valence-electron chi connectivity index (χ3n) is 4.13. The molecule has 4 N–H and O–H groups in total. The number of nitrogen functional groups attached to an aromatic ring is 2. The molecule has 0 amide bonds. The van der Waals surface area contributed by atoms with Crippen molar-refractivity contribution >= 4 is 11.4 Å². The zero-order valence-electron chi connectivity index (χ0n) is 15.6. The van der Waals surface area contributed by atoms with E-state index in [1.54, 1.807) is 0 Å². The van der Waals surface area contributed by atoms with E-state index in [-0.39, 0.29) is 6.07 Å². The van der Waals surface area contributed by atoms with Gasteiger partial charge >= 0.3 is 12.4 Å². The molecule has 0 bridgehead atoms. The van der Waals surface area contributed by atoms with Crippen molar-refractivity contribution in [3.05, 3.63) is 71.3 Å². The SMILES string of the molecule is Nc1cccc(Oc2ccc(C(F)(F)F)c(Oc3cccc(N)c3F)c2C(F)(F)F)c1F. The lowest BCUT2D eigenvalue weighted by atomic mass is 10.1. The van der Waals surface area contributed by atoms with Crippen LogP contribution in [0.4, 0.5) is 46.5 Å². The van der Waals surface area contributed by atoms with Crippen LogP contribution in [0.15, 0.2) is 48.5 Å². The number of nitrogens with two attached hydrogens (primary N) is 2. The summed E-state index contributed by atoms with van der Waals surface area (Å²) in [5, 5.41) is 0. The fraction of sp³-hybridized carbons (Fsp3) is 0.100. The van der Waals surface area contributed by atoms with Gasteiger partial charge in [0, 0.05) is 0 Å². The van der Waals surface area contributed by atoms with E-state index in [0.29, 0.717) is 6.07 Å². The molecule has 0 saturated heterocycles. The predicted octanol–water partition coefficient (Wildman–Crippen LogP) is 6.75. The van der Waals surface area contributed by atoms with Gasteiger partial charge in [-0.1, -0.05) is 12.1 Å². The molecule has 0 spiro atoms. The second-order valence-corrected chi connectivity index (χ2v) is 6.33. The molecule has 170 valence electrons. The van der Waals surface area contributed by atoms with E-state index in [1.807, 2.05) is 0 Å². The van der Waals surface area contributed by atoms with Crippen molar-refractivity contribution in [1.29, 1.82) is 0 Å². The van der Waals surface area contributed by atoms with Gasteiger partial charge in [-0.3, -0.25) is 0 Å². The molecule has 12 heteroatoms. The van der Waals surface area contributed by atoms with E-state index < -0.39 is 69.5 Å². The van der Waals surface area contributed by atoms with Crippen molar-refractivity contribution in [3.63, 3.8) is 0 Å². The highest BCUT2D eigenvalue weighted by atomic mass is 19.4. The molecule has 0 unspecified atom stereocenters. The first-order chi connectivity index (χ1) is 14.8. The quantitative estimate of drug-likeness (QED) is 0.331. The van der Waals surface area contributed by atoms with Gasteiger partial charge in [0.1, 0.15) is 11.3 Å². The van der Waals surface area contributed by atoms with Gasteiger partial charge in [0.15, 0.2) is 28.9 Å². The summed E-state index contributed by atoms with van der Waals surface area (Å²) in [7, 11) is 0. The molecule has 4 nitrogen and oxygen atoms in total. The van der Waals surface area contributed by atoms with Crippen molar-refractivity contribution in [2.75, 3.05) is 11.5 Å². The first kappa shape index (κ1) is 23.0. The number of rotatable bonds is 4. The van der Waals surface area contributed by atoms with Crippen LogP contribution in [0.3, 0.4) is 0 Å². The molecule has 0 aliphatic carbocycles. The van der Waals surface area contributed by atoms with Crippen molar-refractivity contribution in [2.45, 2.75) is 12.4 Å². The summed E-state index contributed by atoms with van der Waals surface area (Å²) in [6, 6.07) is 6.63. The van der Waals surface area contributed by atoms with Gasteiger partial charge in [-0.2, -0.15) is 26.3 Å². The summed E-state index contributed by atoms with van der Waals surface area (Å²) >= 11 is 0. The van der Waals surface area contributed by atoms with E-state index in [2.05, 4.69) is 0 Å². The molecule has 0 fully saturated rings. The average Bonchev–Trinajstić information content (AvgIpc) is 2.67. The number of anilines is 2. The zero-order chi connectivity index (χ0) is 23.8. The second kappa shape index (κ2) is 8.09. The van der Waals surface area contributed by atoms with E-state index >= 15 is 0 Å². The minimum absolute atomic E-state index is 0.230. The molecule has 0 aliphatic rings. The summed E-state index contributed by atoms with van der Waals surface area (Å²) in [5.41, 5.74) is 5.69. The summed E-state index contributed by atoms with van der Waals surface area (Å²) in [4.78, 5) is 0. The first-order valence-corrected chi connectivity index (χ1v) is 8.55. The normalized spacial score (nSPS) is 12.0. The highest BCUT2D eigenvalue weighted by Gasteiger charge is 2.45. The number of hydrogen-bond donors (Lipinski definition) is 2. The van der Waals surface area contributed by atoms with Crippen LogP contribution >= 0.6 is 0 Å². The lowest BCUT2D eigenvalue weighted by Crippen LogP contribution is -2.15. The van der Waals surface area contributed by atoms with Gasteiger partial charge in [-0.25, -0.2) is 8.78 Å². The fourth-order valence-corrected chi connectivity index (χ4v) is 2.69. The molecule has 0 heterocycles. The average molecular weight is 464 g/mol. The van der Waals surface area contributed by atoms with E-state index in [1.165, 1.54) is 0 Å². The van der Waals surface area contributed by atoms with Gasteiger partial charge in [0.05, 0.1) is 16.9 Å². The van der Waals surface area contributed by atoms with E-state index in [0.717, 1.165) is 36.4 Å². The molecule has 3 aromatic rings. The Hall–Kier alpha value is -3.70. The number of halogens is 8. The fourth-order valence-electron chi connectivity index (χ4n) is 2.69. The summed E-state index contributed by atoms with van der Waals surface area (Å²) in [6.07, 6.45) is -10.8. The minimum Gasteiger partial charge on any atom is -0.453 e. The second-order valence-electron chi connectivity index (χ2n) is 6.33. The highest BCUT2D eigenvalue weighted by molar-refractivity contribution is 5.57. The predicted molar refractivity (Wildman–Crippen MR) is 98.2 cm³/mol. The Morgan fingerprint density at radius 3 is 1.56 bits per heavy atom. The van der Waals surface area contributed by atoms with Gasteiger partial charge in [0.25, 0.3) is 0 Å². The van der Waals surface area contributed by atoms with Gasteiger partial charge in [-0.05, 0) is 36.4 Å². The van der Waals surface area contributed by atoms with Crippen LogP contribution in [-0.2, 0) is 12.4 Å². The van der Waals surface area contributed by atoms with Crippen molar-refractivity contribution in [3.8, 4) is 23.0 Å². The first-order valence-electron chi connectivity index (χ1n) is 8.55. The van der Waals surface area contributed by atoms with Gasteiger partial charge < -0.3 is 20.9 Å². The van der Waals surface area contributed by atoms with Crippen molar-refractivity contribution < 1.29 is 44.6 Å². The summed E-state index contributed by atoms with van der Waals surface area (Å²) < 4.78 is 120. The third kappa shape index (κ3) is 4.48. The molecule has 3 rings (SSSR count). The molecule has 3 aromatic carbocycles. The topological polar surface area (TPSA) is 70.5 Å². The van der Waals surface area contributed by atoms with Crippen LogP contribution < -0.4 is 20.9 Å². The molecule has 0 atom stereocenters. The Kier molecular flexibility index (Phi) is 5.81. The lowest BCUT2D eigenvalue weighted by molar-refractivity contribution is -0.145. The van der Waals surface area contributed by atoms with Crippen molar-refractivity contribution in [1.82, 2.24) is 0 Å². The summed E-state index contributed by atoms with van der Waals surface area (Å²) in [5.74, 6) is -7.40. The Bertz CT molecular complexity index is 1160. The summed E-state index contributed by atoms with van der Waals surface area (Å²) in [6.45, 7) is 0.